The summed E-state index contributed by atoms with van der Waals surface area (Å²) in [6.45, 7) is 2.31. The van der Waals surface area contributed by atoms with Crippen LogP contribution in [-0.2, 0) is 11.3 Å². The topological polar surface area (TPSA) is 76.8 Å². The summed E-state index contributed by atoms with van der Waals surface area (Å²) < 4.78 is 10.7. The first kappa shape index (κ1) is 20.7. The third-order valence-electron chi connectivity index (χ3n) is 5.99. The third-order valence-corrected chi connectivity index (χ3v) is 5.99. The highest BCUT2D eigenvalue weighted by atomic mass is 16.5. The van der Waals surface area contributed by atoms with E-state index in [9.17, 15) is 14.4 Å². The Hall–Kier alpha value is -4.19. The van der Waals surface area contributed by atoms with E-state index in [1.807, 2.05) is 31.2 Å². The van der Waals surface area contributed by atoms with Crippen molar-refractivity contribution in [3.63, 3.8) is 0 Å². The summed E-state index contributed by atoms with van der Waals surface area (Å²) in [4.78, 5) is 40.5. The smallest absolute Gasteiger partial charge is 0.337 e. The monoisotopic (exact) mass is 439 g/mol. The third kappa shape index (κ3) is 3.49. The molecule has 6 nitrogen and oxygen atoms in total. The Labute approximate surface area is 190 Å². The van der Waals surface area contributed by atoms with Crippen LogP contribution in [0.5, 0.6) is 0 Å². The Morgan fingerprint density at radius 1 is 0.970 bits per heavy atom. The van der Waals surface area contributed by atoms with E-state index in [0.717, 1.165) is 11.1 Å². The molecule has 0 spiro atoms. The van der Waals surface area contributed by atoms with Gasteiger partial charge in [-0.15, -0.1) is 0 Å². The molecule has 0 saturated heterocycles. The predicted molar refractivity (Wildman–Crippen MR) is 123 cm³/mol. The van der Waals surface area contributed by atoms with Crippen LogP contribution >= 0.6 is 0 Å². The van der Waals surface area contributed by atoms with Crippen molar-refractivity contribution in [1.82, 2.24) is 4.90 Å². The van der Waals surface area contributed by atoms with Gasteiger partial charge in [0.25, 0.3) is 5.91 Å². The number of benzene rings is 3. The van der Waals surface area contributed by atoms with Crippen LogP contribution in [-0.4, -0.2) is 23.9 Å². The molecule has 0 bridgehead atoms. The molecule has 33 heavy (non-hydrogen) atoms. The van der Waals surface area contributed by atoms with Gasteiger partial charge >= 0.3 is 5.97 Å². The average molecular weight is 439 g/mol. The van der Waals surface area contributed by atoms with Crippen molar-refractivity contribution in [2.24, 2.45) is 0 Å². The maximum Gasteiger partial charge on any atom is 0.337 e. The number of nitrogens with zero attached hydrogens (tertiary/aromatic N) is 1. The number of fused-ring (bicyclic) bond motifs is 2. The van der Waals surface area contributed by atoms with Crippen LogP contribution in [0.4, 0.5) is 0 Å². The van der Waals surface area contributed by atoms with Crippen LogP contribution in [0.3, 0.4) is 0 Å². The van der Waals surface area contributed by atoms with Crippen LogP contribution in [0, 0.1) is 6.92 Å². The van der Waals surface area contributed by atoms with Crippen LogP contribution < -0.4 is 5.43 Å². The van der Waals surface area contributed by atoms with Crippen LogP contribution in [0.1, 0.15) is 49.2 Å². The van der Waals surface area contributed by atoms with Crippen LogP contribution in [0.2, 0.25) is 0 Å². The second-order valence-electron chi connectivity index (χ2n) is 8.10. The molecule has 0 aliphatic carbocycles. The number of amides is 1. The summed E-state index contributed by atoms with van der Waals surface area (Å²) in [7, 11) is 1.32. The molecule has 1 amide bonds. The van der Waals surface area contributed by atoms with Gasteiger partial charge in [0, 0.05) is 6.54 Å². The first-order valence-electron chi connectivity index (χ1n) is 10.6. The van der Waals surface area contributed by atoms with E-state index in [4.69, 9.17) is 9.15 Å². The molecule has 6 heteroatoms. The minimum absolute atomic E-state index is 0.0628. The standard InChI is InChI=1S/C27H21NO5/c1-16-7-9-17(10-8-16)15-28-23(18-11-13-19(14-12-18)27(31)32-2)22-24(29)20-5-3-4-6-21(20)33-25(22)26(28)30/h3-14,23H,15H2,1-2H3/t23-/m1/s1. The Balaban J connectivity index is 1.67. The summed E-state index contributed by atoms with van der Waals surface area (Å²) in [5, 5.41) is 0.428. The Morgan fingerprint density at radius 2 is 1.67 bits per heavy atom. The number of methoxy groups -OCH3 is 1. The molecule has 5 rings (SSSR count). The molecule has 0 unspecified atom stereocenters. The van der Waals surface area contributed by atoms with E-state index in [2.05, 4.69) is 0 Å². The second kappa shape index (κ2) is 8.06. The lowest BCUT2D eigenvalue weighted by atomic mass is 9.97. The van der Waals surface area contributed by atoms with Crippen molar-refractivity contribution in [3.8, 4) is 0 Å². The number of ether oxygens (including phenoxy) is 1. The zero-order chi connectivity index (χ0) is 23.1. The molecule has 1 aliphatic heterocycles. The molecule has 0 fully saturated rings. The SMILES string of the molecule is COC(=O)c1ccc([C@@H]2c3c(oc4ccccc4c3=O)C(=O)N2Cc2ccc(C)cc2)cc1. The molecule has 1 aliphatic rings. The van der Waals surface area contributed by atoms with E-state index in [0.29, 0.717) is 34.2 Å². The number of para-hydroxylation sites is 1. The number of esters is 1. The summed E-state index contributed by atoms with van der Waals surface area (Å²) in [5.41, 5.74) is 3.63. The predicted octanol–water partition coefficient (Wildman–Crippen LogP) is 4.63. The molecule has 0 N–H and O–H groups in total. The molecular formula is C27H21NO5. The van der Waals surface area contributed by atoms with Gasteiger partial charge in [-0.05, 0) is 42.3 Å². The van der Waals surface area contributed by atoms with Gasteiger partial charge in [0.05, 0.1) is 29.7 Å². The van der Waals surface area contributed by atoms with E-state index in [1.54, 1.807) is 53.4 Å². The van der Waals surface area contributed by atoms with E-state index >= 15 is 0 Å². The number of aryl methyl sites for hydroxylation is 1. The highest BCUT2D eigenvalue weighted by molar-refractivity contribution is 5.99. The summed E-state index contributed by atoms with van der Waals surface area (Å²) in [6.07, 6.45) is 0. The lowest BCUT2D eigenvalue weighted by Crippen LogP contribution is -2.29. The second-order valence-corrected chi connectivity index (χ2v) is 8.10. The minimum atomic E-state index is -0.638. The van der Waals surface area contributed by atoms with Crippen molar-refractivity contribution in [1.29, 1.82) is 0 Å². The molecular weight excluding hydrogens is 418 g/mol. The lowest BCUT2D eigenvalue weighted by molar-refractivity contribution is 0.0599. The maximum absolute atomic E-state index is 13.5. The van der Waals surface area contributed by atoms with Gasteiger partial charge in [0.2, 0.25) is 5.76 Å². The van der Waals surface area contributed by atoms with E-state index in [1.165, 1.54) is 7.11 Å². The molecule has 3 aromatic carbocycles. The van der Waals surface area contributed by atoms with Gasteiger partial charge in [0.1, 0.15) is 5.58 Å². The van der Waals surface area contributed by atoms with Crippen molar-refractivity contribution < 1.29 is 18.7 Å². The summed E-state index contributed by atoms with van der Waals surface area (Å²) in [6, 6.07) is 21.0. The number of carbonyl (C=O) groups excluding carboxylic acids is 2. The molecule has 4 aromatic rings. The first-order chi connectivity index (χ1) is 16.0. The molecule has 1 aromatic heterocycles. The number of hydrogen-bond donors (Lipinski definition) is 0. The molecule has 164 valence electrons. The average Bonchev–Trinajstić information content (AvgIpc) is 3.12. The Kier molecular flexibility index (Phi) is 5.05. The largest absolute Gasteiger partial charge is 0.465 e. The Morgan fingerprint density at radius 3 is 2.36 bits per heavy atom. The maximum atomic E-state index is 13.5. The van der Waals surface area contributed by atoms with E-state index in [-0.39, 0.29) is 17.1 Å². The zero-order valence-corrected chi connectivity index (χ0v) is 18.2. The fourth-order valence-corrected chi connectivity index (χ4v) is 4.29. The van der Waals surface area contributed by atoms with Gasteiger partial charge < -0.3 is 14.1 Å². The fraction of sp³-hybridized carbons (Fsp3) is 0.148. The lowest BCUT2D eigenvalue weighted by Gasteiger charge is -2.25. The van der Waals surface area contributed by atoms with Crippen LogP contribution in [0.25, 0.3) is 11.0 Å². The van der Waals surface area contributed by atoms with Crippen molar-refractivity contribution in [2.45, 2.75) is 19.5 Å². The fourth-order valence-electron chi connectivity index (χ4n) is 4.29. The summed E-state index contributed by atoms with van der Waals surface area (Å²) in [5.74, 6) is -0.727. The highest BCUT2D eigenvalue weighted by Gasteiger charge is 2.42. The van der Waals surface area contributed by atoms with Crippen molar-refractivity contribution in [2.75, 3.05) is 7.11 Å². The minimum Gasteiger partial charge on any atom is -0.465 e. The number of rotatable bonds is 4. The van der Waals surface area contributed by atoms with Gasteiger partial charge in [-0.3, -0.25) is 9.59 Å². The molecule has 0 saturated carbocycles. The van der Waals surface area contributed by atoms with Crippen LogP contribution in [0.15, 0.2) is 82.0 Å². The van der Waals surface area contributed by atoms with E-state index < -0.39 is 12.0 Å². The molecule has 0 radical (unpaired) electrons. The quantitative estimate of drug-likeness (QED) is 0.433. The van der Waals surface area contributed by atoms with Crippen molar-refractivity contribution >= 4 is 22.8 Å². The van der Waals surface area contributed by atoms with Gasteiger partial charge in [-0.25, -0.2) is 4.79 Å². The molecule has 2 heterocycles. The van der Waals surface area contributed by atoms with Crippen molar-refractivity contribution in [3.05, 3.63) is 117 Å². The zero-order valence-electron chi connectivity index (χ0n) is 18.2. The van der Waals surface area contributed by atoms with Gasteiger partial charge in [-0.1, -0.05) is 54.1 Å². The normalized spacial score (nSPS) is 15.0. The Bertz CT molecular complexity index is 1430. The summed E-state index contributed by atoms with van der Waals surface area (Å²) >= 11 is 0. The molecule has 1 atom stereocenters. The number of carbonyl (C=O) groups is 2. The van der Waals surface area contributed by atoms with Gasteiger partial charge in [0.15, 0.2) is 5.43 Å². The van der Waals surface area contributed by atoms with Gasteiger partial charge in [-0.2, -0.15) is 0 Å². The first-order valence-corrected chi connectivity index (χ1v) is 10.6. The number of hydrogen-bond acceptors (Lipinski definition) is 5. The highest BCUT2D eigenvalue weighted by Crippen LogP contribution is 2.39.